The number of likely N-dealkylation sites (tertiary alicyclic amines) is 1. The van der Waals surface area contributed by atoms with Crippen LogP contribution in [0.15, 0.2) is 12.3 Å². The summed E-state index contributed by atoms with van der Waals surface area (Å²) in [5.41, 5.74) is 5.46. The third-order valence-electron chi connectivity index (χ3n) is 2.71. The van der Waals surface area contributed by atoms with E-state index in [4.69, 9.17) is 5.73 Å². The SMILES string of the molecule is Nc1ccn(CC(=O)N2CCCC(O)C2)n1. The fourth-order valence-corrected chi connectivity index (χ4v) is 1.89. The summed E-state index contributed by atoms with van der Waals surface area (Å²) in [5, 5.41) is 13.4. The summed E-state index contributed by atoms with van der Waals surface area (Å²) in [5.74, 6) is 0.383. The molecule has 6 heteroatoms. The largest absolute Gasteiger partial charge is 0.391 e. The Bertz CT molecular complexity index is 377. The van der Waals surface area contributed by atoms with Crippen LogP contribution in [0.2, 0.25) is 0 Å². The molecule has 1 aromatic rings. The van der Waals surface area contributed by atoms with E-state index in [0.29, 0.717) is 18.9 Å². The first-order valence-electron chi connectivity index (χ1n) is 5.40. The minimum Gasteiger partial charge on any atom is -0.391 e. The molecule has 1 unspecified atom stereocenters. The Morgan fingerprint density at radius 2 is 2.50 bits per heavy atom. The number of carbonyl (C=O) groups excluding carboxylic acids is 1. The number of rotatable bonds is 2. The lowest BCUT2D eigenvalue weighted by atomic mass is 10.1. The lowest BCUT2D eigenvalue weighted by molar-refractivity contribution is -0.135. The summed E-state index contributed by atoms with van der Waals surface area (Å²) >= 11 is 0. The van der Waals surface area contributed by atoms with Gasteiger partial charge in [0.05, 0.1) is 6.10 Å². The molecule has 3 N–H and O–H groups in total. The van der Waals surface area contributed by atoms with Crippen molar-refractivity contribution in [3.63, 3.8) is 0 Å². The molecule has 0 bridgehead atoms. The third kappa shape index (κ3) is 2.52. The maximum atomic E-state index is 11.8. The number of piperidine rings is 1. The van der Waals surface area contributed by atoms with Gasteiger partial charge in [-0.2, -0.15) is 5.10 Å². The molecule has 88 valence electrons. The van der Waals surface area contributed by atoms with Crippen LogP contribution in [-0.4, -0.2) is 44.9 Å². The molecule has 2 heterocycles. The molecule has 2 rings (SSSR count). The molecular weight excluding hydrogens is 208 g/mol. The Kier molecular flexibility index (Phi) is 3.09. The minimum atomic E-state index is -0.389. The van der Waals surface area contributed by atoms with Gasteiger partial charge in [0, 0.05) is 19.3 Å². The number of nitrogen functional groups attached to an aromatic ring is 1. The molecule has 6 nitrogen and oxygen atoms in total. The van der Waals surface area contributed by atoms with Crippen LogP contribution in [-0.2, 0) is 11.3 Å². The van der Waals surface area contributed by atoms with Crippen LogP contribution in [0.1, 0.15) is 12.8 Å². The zero-order valence-corrected chi connectivity index (χ0v) is 9.04. The van der Waals surface area contributed by atoms with Crippen LogP contribution in [0.3, 0.4) is 0 Å². The summed E-state index contributed by atoms with van der Waals surface area (Å²) in [6, 6.07) is 1.65. The number of nitrogens with zero attached hydrogens (tertiary/aromatic N) is 3. The maximum Gasteiger partial charge on any atom is 0.244 e. The molecule has 0 aromatic carbocycles. The quantitative estimate of drug-likeness (QED) is 0.706. The minimum absolute atomic E-state index is 0.0261. The summed E-state index contributed by atoms with van der Waals surface area (Å²) in [7, 11) is 0. The van der Waals surface area contributed by atoms with Crippen LogP contribution in [0.4, 0.5) is 5.82 Å². The zero-order chi connectivity index (χ0) is 11.5. The summed E-state index contributed by atoms with van der Waals surface area (Å²) < 4.78 is 1.51. The fourth-order valence-electron chi connectivity index (χ4n) is 1.89. The summed E-state index contributed by atoms with van der Waals surface area (Å²) in [6.45, 7) is 1.33. The van der Waals surface area contributed by atoms with Gasteiger partial charge >= 0.3 is 0 Å². The second-order valence-corrected chi connectivity index (χ2v) is 4.07. The molecule has 1 aliphatic rings. The molecule has 1 atom stereocenters. The number of hydrogen-bond donors (Lipinski definition) is 2. The van der Waals surface area contributed by atoms with Gasteiger partial charge in [-0.25, -0.2) is 0 Å². The van der Waals surface area contributed by atoms with Crippen molar-refractivity contribution < 1.29 is 9.90 Å². The van der Waals surface area contributed by atoms with Gasteiger partial charge < -0.3 is 15.7 Å². The fraction of sp³-hybridized carbons (Fsp3) is 0.600. The molecular formula is C10H16N4O2. The van der Waals surface area contributed by atoms with Crippen molar-refractivity contribution in [1.82, 2.24) is 14.7 Å². The number of carbonyl (C=O) groups is 1. The number of nitrogens with two attached hydrogens (primary N) is 1. The average molecular weight is 224 g/mol. The number of hydrogen-bond acceptors (Lipinski definition) is 4. The number of anilines is 1. The highest BCUT2D eigenvalue weighted by atomic mass is 16.3. The Labute approximate surface area is 93.6 Å². The molecule has 1 saturated heterocycles. The van der Waals surface area contributed by atoms with Gasteiger partial charge in [0.1, 0.15) is 12.4 Å². The Hall–Kier alpha value is -1.56. The van der Waals surface area contributed by atoms with Crippen LogP contribution in [0, 0.1) is 0 Å². The molecule has 1 amide bonds. The first kappa shape index (κ1) is 10.9. The van der Waals surface area contributed by atoms with E-state index in [9.17, 15) is 9.90 Å². The van der Waals surface area contributed by atoms with E-state index in [-0.39, 0.29) is 18.6 Å². The predicted octanol–water partition coefficient (Wildman–Crippen LogP) is -0.551. The van der Waals surface area contributed by atoms with E-state index < -0.39 is 0 Å². The molecule has 16 heavy (non-hydrogen) atoms. The number of aromatic nitrogens is 2. The van der Waals surface area contributed by atoms with Gasteiger partial charge in [-0.05, 0) is 18.9 Å². The molecule has 1 aromatic heterocycles. The topological polar surface area (TPSA) is 84.4 Å². The molecule has 0 saturated carbocycles. The molecule has 0 radical (unpaired) electrons. The highest BCUT2D eigenvalue weighted by Gasteiger charge is 2.22. The number of β-amino-alcohol motifs (C(OH)–C–C–N with tert-alkyl or cyclic N) is 1. The van der Waals surface area contributed by atoms with Gasteiger partial charge in [0.15, 0.2) is 0 Å². The Morgan fingerprint density at radius 3 is 3.12 bits per heavy atom. The van der Waals surface area contributed by atoms with E-state index in [1.807, 2.05) is 0 Å². The number of amides is 1. The van der Waals surface area contributed by atoms with Crippen molar-refractivity contribution >= 4 is 11.7 Å². The molecule has 0 spiro atoms. The molecule has 1 fully saturated rings. The predicted molar refractivity (Wildman–Crippen MR) is 58.5 cm³/mol. The number of aliphatic hydroxyl groups is 1. The summed E-state index contributed by atoms with van der Waals surface area (Å²) in [6.07, 6.45) is 2.92. The van der Waals surface area contributed by atoms with E-state index in [1.54, 1.807) is 17.2 Å². The maximum absolute atomic E-state index is 11.8. The smallest absolute Gasteiger partial charge is 0.244 e. The van der Waals surface area contributed by atoms with Crippen LogP contribution < -0.4 is 5.73 Å². The second kappa shape index (κ2) is 4.52. The van der Waals surface area contributed by atoms with E-state index in [2.05, 4.69) is 5.10 Å². The van der Waals surface area contributed by atoms with Crippen molar-refractivity contribution in [3.8, 4) is 0 Å². The van der Waals surface area contributed by atoms with Gasteiger partial charge in [-0.1, -0.05) is 0 Å². The normalized spacial score (nSPS) is 21.1. The lowest BCUT2D eigenvalue weighted by Crippen LogP contribution is -2.43. The molecule has 0 aliphatic carbocycles. The van der Waals surface area contributed by atoms with Crippen LogP contribution in [0.5, 0.6) is 0 Å². The highest BCUT2D eigenvalue weighted by Crippen LogP contribution is 2.10. The van der Waals surface area contributed by atoms with Crippen molar-refractivity contribution in [2.75, 3.05) is 18.8 Å². The van der Waals surface area contributed by atoms with E-state index in [1.165, 1.54) is 4.68 Å². The average Bonchev–Trinajstić information content (AvgIpc) is 2.64. The first-order chi connectivity index (χ1) is 7.65. The van der Waals surface area contributed by atoms with Crippen LogP contribution >= 0.6 is 0 Å². The van der Waals surface area contributed by atoms with Crippen molar-refractivity contribution in [2.24, 2.45) is 0 Å². The van der Waals surface area contributed by atoms with Crippen molar-refractivity contribution in [1.29, 1.82) is 0 Å². The van der Waals surface area contributed by atoms with Gasteiger partial charge in [-0.3, -0.25) is 9.48 Å². The summed E-state index contributed by atoms with van der Waals surface area (Å²) in [4.78, 5) is 13.5. The molecule has 1 aliphatic heterocycles. The van der Waals surface area contributed by atoms with Gasteiger partial charge in [0.25, 0.3) is 0 Å². The van der Waals surface area contributed by atoms with Gasteiger partial charge in [-0.15, -0.1) is 0 Å². The Morgan fingerprint density at radius 1 is 1.69 bits per heavy atom. The first-order valence-corrected chi connectivity index (χ1v) is 5.40. The second-order valence-electron chi connectivity index (χ2n) is 4.07. The standard InChI is InChI=1S/C10H16N4O2/c11-9-3-5-14(12-9)7-10(16)13-4-1-2-8(15)6-13/h3,5,8,15H,1-2,4,6-7H2,(H2,11,12). The van der Waals surface area contributed by atoms with E-state index in [0.717, 1.165) is 12.8 Å². The highest BCUT2D eigenvalue weighted by molar-refractivity contribution is 5.76. The van der Waals surface area contributed by atoms with Crippen molar-refractivity contribution in [2.45, 2.75) is 25.5 Å². The Balaban J connectivity index is 1.92. The van der Waals surface area contributed by atoms with Crippen molar-refractivity contribution in [3.05, 3.63) is 12.3 Å². The zero-order valence-electron chi connectivity index (χ0n) is 9.04. The number of aliphatic hydroxyl groups excluding tert-OH is 1. The third-order valence-corrected chi connectivity index (χ3v) is 2.71. The van der Waals surface area contributed by atoms with E-state index >= 15 is 0 Å². The van der Waals surface area contributed by atoms with Crippen LogP contribution in [0.25, 0.3) is 0 Å². The van der Waals surface area contributed by atoms with Gasteiger partial charge in [0.2, 0.25) is 5.91 Å². The monoisotopic (exact) mass is 224 g/mol. The lowest BCUT2D eigenvalue weighted by Gasteiger charge is -2.30.